The molecule has 1 atom stereocenters. The van der Waals surface area contributed by atoms with Crippen LogP contribution in [0.15, 0.2) is 48.5 Å². The molecule has 1 aliphatic rings. The lowest BCUT2D eigenvalue weighted by molar-refractivity contribution is -0.121. The lowest BCUT2D eigenvalue weighted by Crippen LogP contribution is -2.19. The summed E-state index contributed by atoms with van der Waals surface area (Å²) in [7, 11) is 8.19. The van der Waals surface area contributed by atoms with Gasteiger partial charge in [0, 0.05) is 57.8 Å². The van der Waals surface area contributed by atoms with E-state index in [1.807, 2.05) is 28.2 Å². The smallest absolute Gasteiger partial charge is 0.136 e. The van der Waals surface area contributed by atoms with Crippen LogP contribution in [0.5, 0.6) is 0 Å². The van der Waals surface area contributed by atoms with Gasteiger partial charge in [-0.15, -0.1) is 0 Å². The molecule has 2 aromatic carbocycles. The zero-order valence-corrected chi connectivity index (χ0v) is 15.7. The van der Waals surface area contributed by atoms with E-state index in [1.165, 1.54) is 22.5 Å². The van der Waals surface area contributed by atoms with E-state index >= 15 is 0 Å². The fourth-order valence-corrected chi connectivity index (χ4v) is 3.81. The van der Waals surface area contributed by atoms with Gasteiger partial charge in [-0.1, -0.05) is 24.3 Å². The molecule has 0 aliphatic heterocycles. The highest BCUT2D eigenvalue weighted by molar-refractivity contribution is 5.84. The van der Waals surface area contributed by atoms with Gasteiger partial charge >= 0.3 is 0 Å². The number of carbonyl (C=O) groups is 1. The average Bonchev–Trinajstić information content (AvgIpc) is 3.02. The summed E-state index contributed by atoms with van der Waals surface area (Å²) >= 11 is 0. The van der Waals surface area contributed by atoms with Crippen molar-refractivity contribution in [3.05, 3.63) is 59.7 Å². The van der Waals surface area contributed by atoms with Crippen molar-refractivity contribution in [3.63, 3.8) is 0 Å². The van der Waals surface area contributed by atoms with E-state index in [-0.39, 0.29) is 11.8 Å². The summed E-state index contributed by atoms with van der Waals surface area (Å²) in [6, 6.07) is 17.3. The first-order chi connectivity index (χ1) is 12.0. The largest absolute Gasteiger partial charge is 0.378 e. The zero-order valence-electron chi connectivity index (χ0n) is 15.7. The summed E-state index contributed by atoms with van der Waals surface area (Å²) in [5, 5.41) is 0. The molecule has 1 saturated carbocycles. The van der Waals surface area contributed by atoms with Gasteiger partial charge in [0.1, 0.15) is 5.78 Å². The lowest BCUT2D eigenvalue weighted by atomic mass is 9.79. The van der Waals surface area contributed by atoms with Crippen molar-refractivity contribution < 1.29 is 4.79 Å². The fourth-order valence-electron chi connectivity index (χ4n) is 3.81. The molecule has 1 unspecified atom stereocenters. The minimum atomic E-state index is 0.107. The van der Waals surface area contributed by atoms with Crippen LogP contribution < -0.4 is 9.80 Å². The van der Waals surface area contributed by atoms with Crippen LogP contribution in [-0.4, -0.2) is 34.0 Å². The molecule has 0 spiro atoms. The van der Waals surface area contributed by atoms with Gasteiger partial charge in [0.15, 0.2) is 0 Å². The molecule has 0 saturated heterocycles. The van der Waals surface area contributed by atoms with Gasteiger partial charge in [-0.2, -0.15) is 0 Å². The van der Waals surface area contributed by atoms with Crippen LogP contribution in [0, 0.1) is 5.92 Å². The number of rotatable bonds is 5. The van der Waals surface area contributed by atoms with E-state index < -0.39 is 0 Å². The molecule has 1 fully saturated rings. The first-order valence-electron chi connectivity index (χ1n) is 9.04. The number of carbonyl (C=O) groups excluding carboxylic acids is 1. The molecule has 0 heterocycles. The van der Waals surface area contributed by atoms with Crippen molar-refractivity contribution in [1.29, 1.82) is 0 Å². The Morgan fingerprint density at radius 1 is 0.800 bits per heavy atom. The highest BCUT2D eigenvalue weighted by Gasteiger charge is 2.34. The quantitative estimate of drug-likeness (QED) is 0.812. The first kappa shape index (κ1) is 17.5. The van der Waals surface area contributed by atoms with Gasteiger partial charge in [-0.3, -0.25) is 4.79 Å². The molecule has 1 aliphatic carbocycles. The summed E-state index contributed by atoms with van der Waals surface area (Å²) in [5.41, 5.74) is 4.85. The van der Waals surface area contributed by atoms with Crippen LogP contribution in [0.25, 0.3) is 0 Å². The van der Waals surface area contributed by atoms with Crippen molar-refractivity contribution in [2.24, 2.45) is 5.92 Å². The number of Topliss-reactive ketones (excluding diaryl/α,β-unsaturated/α-hetero) is 1. The van der Waals surface area contributed by atoms with Crippen molar-refractivity contribution in [1.82, 2.24) is 0 Å². The highest BCUT2D eigenvalue weighted by atomic mass is 16.1. The predicted molar refractivity (Wildman–Crippen MR) is 106 cm³/mol. The molecular formula is C22H28N2O. The lowest BCUT2D eigenvalue weighted by Gasteiger charge is -2.25. The van der Waals surface area contributed by atoms with Gasteiger partial charge in [0.05, 0.1) is 0 Å². The normalized spacial score (nSPS) is 17.2. The Hall–Kier alpha value is -2.29. The van der Waals surface area contributed by atoms with Gasteiger partial charge in [-0.05, 0) is 48.2 Å². The Morgan fingerprint density at radius 2 is 1.24 bits per heavy atom. The highest BCUT2D eigenvalue weighted by Crippen LogP contribution is 2.40. The molecule has 0 aromatic heterocycles. The fraction of sp³-hybridized carbons (Fsp3) is 0.409. The summed E-state index contributed by atoms with van der Waals surface area (Å²) < 4.78 is 0. The van der Waals surface area contributed by atoms with E-state index in [0.29, 0.717) is 5.78 Å². The van der Waals surface area contributed by atoms with Gasteiger partial charge in [0.2, 0.25) is 0 Å². The predicted octanol–water partition coefficient (Wildman–Crippen LogP) is 4.32. The Bertz CT molecular complexity index is 665. The van der Waals surface area contributed by atoms with Crippen molar-refractivity contribution in [2.45, 2.75) is 25.2 Å². The number of benzene rings is 2. The number of hydrogen-bond acceptors (Lipinski definition) is 3. The Labute approximate surface area is 151 Å². The number of hydrogen-bond donors (Lipinski definition) is 0. The number of anilines is 2. The van der Waals surface area contributed by atoms with Crippen LogP contribution in [0.3, 0.4) is 0 Å². The molecule has 132 valence electrons. The summed E-state index contributed by atoms with van der Waals surface area (Å²) in [4.78, 5) is 16.7. The molecular weight excluding hydrogens is 308 g/mol. The third-order valence-electron chi connectivity index (χ3n) is 5.29. The maximum absolute atomic E-state index is 12.5. The van der Waals surface area contributed by atoms with Crippen LogP contribution >= 0.6 is 0 Å². The minimum absolute atomic E-state index is 0.107. The first-order valence-corrected chi connectivity index (χ1v) is 9.04. The summed E-state index contributed by atoms with van der Waals surface area (Å²) in [5.74, 6) is 0.677. The third kappa shape index (κ3) is 3.71. The Morgan fingerprint density at radius 3 is 1.56 bits per heavy atom. The maximum Gasteiger partial charge on any atom is 0.136 e. The standard InChI is InChI=1S/C22H28N2O/c1-23(2)18-12-8-16(9-13-18)22(20-6-5-7-21(20)25)17-10-14-19(15-11-17)24(3)4/h8-15,20,22H,5-7H2,1-4H3. The van der Waals surface area contributed by atoms with E-state index in [9.17, 15) is 4.79 Å². The number of nitrogens with zero attached hydrogens (tertiary/aromatic N) is 2. The molecule has 0 bridgehead atoms. The molecule has 2 aromatic rings. The molecule has 3 nitrogen and oxygen atoms in total. The minimum Gasteiger partial charge on any atom is -0.378 e. The molecule has 0 N–H and O–H groups in total. The zero-order chi connectivity index (χ0) is 18.0. The number of ketones is 1. The van der Waals surface area contributed by atoms with E-state index in [0.717, 1.165) is 19.3 Å². The summed E-state index contributed by atoms with van der Waals surface area (Å²) in [6.45, 7) is 0. The SMILES string of the molecule is CN(C)c1ccc(C(c2ccc(N(C)C)cc2)C2CCCC2=O)cc1. The van der Waals surface area contributed by atoms with Crippen molar-refractivity contribution in [2.75, 3.05) is 38.0 Å². The van der Waals surface area contributed by atoms with E-state index in [4.69, 9.17) is 0 Å². The van der Waals surface area contributed by atoms with Crippen LogP contribution in [-0.2, 0) is 4.79 Å². The topological polar surface area (TPSA) is 23.6 Å². The van der Waals surface area contributed by atoms with Gasteiger partial charge < -0.3 is 9.80 Å². The third-order valence-corrected chi connectivity index (χ3v) is 5.29. The van der Waals surface area contributed by atoms with Crippen LogP contribution in [0.2, 0.25) is 0 Å². The second-order valence-electron chi connectivity index (χ2n) is 7.41. The molecule has 25 heavy (non-hydrogen) atoms. The average molecular weight is 336 g/mol. The maximum atomic E-state index is 12.5. The second kappa shape index (κ2) is 7.30. The van der Waals surface area contributed by atoms with Crippen LogP contribution in [0.4, 0.5) is 11.4 Å². The summed E-state index contributed by atoms with van der Waals surface area (Å²) in [6.07, 6.45) is 2.74. The molecule has 3 rings (SSSR count). The Balaban J connectivity index is 1.99. The second-order valence-corrected chi connectivity index (χ2v) is 7.41. The Kier molecular flexibility index (Phi) is 5.12. The molecule has 0 amide bonds. The molecule has 3 heteroatoms. The molecule has 0 radical (unpaired) electrons. The van der Waals surface area contributed by atoms with E-state index in [2.05, 4.69) is 58.3 Å². The van der Waals surface area contributed by atoms with E-state index in [1.54, 1.807) is 0 Å². The van der Waals surface area contributed by atoms with Crippen molar-refractivity contribution in [3.8, 4) is 0 Å². The monoisotopic (exact) mass is 336 g/mol. The van der Waals surface area contributed by atoms with Crippen LogP contribution in [0.1, 0.15) is 36.3 Å². The van der Waals surface area contributed by atoms with Crippen molar-refractivity contribution >= 4 is 17.2 Å². The van der Waals surface area contributed by atoms with Gasteiger partial charge in [-0.25, -0.2) is 0 Å². The van der Waals surface area contributed by atoms with Gasteiger partial charge in [0.25, 0.3) is 0 Å².